The van der Waals surface area contributed by atoms with Gasteiger partial charge in [0, 0.05) is 26.6 Å². The minimum absolute atomic E-state index is 0.00486. The van der Waals surface area contributed by atoms with Crippen LogP contribution in [0.3, 0.4) is 0 Å². The molecule has 0 spiro atoms. The number of nitrogens with one attached hydrogen (secondary N) is 1. The molecule has 0 radical (unpaired) electrons. The molecule has 0 bridgehead atoms. The minimum Gasteiger partial charge on any atom is -0.387 e. The number of aryl methyl sites for hydroxylation is 1. The predicted octanol–water partition coefficient (Wildman–Crippen LogP) is 1.01. The Kier molecular flexibility index (Phi) is 4.96. The zero-order valence-corrected chi connectivity index (χ0v) is 12.5. The maximum atomic E-state index is 12.1. The molecule has 1 aliphatic heterocycles. The summed E-state index contributed by atoms with van der Waals surface area (Å²) in [5, 5.41) is 12.9. The van der Waals surface area contributed by atoms with Gasteiger partial charge in [0.1, 0.15) is 0 Å². The Morgan fingerprint density at radius 1 is 1.43 bits per heavy atom. The van der Waals surface area contributed by atoms with Crippen LogP contribution in [0.4, 0.5) is 0 Å². The predicted molar refractivity (Wildman–Crippen MR) is 79.5 cm³/mol. The molecule has 0 saturated carbocycles. The molecule has 114 valence electrons. The van der Waals surface area contributed by atoms with Gasteiger partial charge in [0.05, 0.1) is 12.0 Å². The van der Waals surface area contributed by atoms with E-state index in [0.29, 0.717) is 19.5 Å². The van der Waals surface area contributed by atoms with Crippen molar-refractivity contribution in [1.29, 1.82) is 0 Å². The number of carbonyl (C=O) groups is 2. The number of carbonyl (C=O) groups excluding carboxylic acids is 2. The second-order valence-electron chi connectivity index (χ2n) is 5.57. The third kappa shape index (κ3) is 3.82. The Morgan fingerprint density at radius 2 is 2.14 bits per heavy atom. The standard InChI is InChI=1S/C16H22N2O3/c1-11-5-3-4-6-14(11)15(20)9-17-16(21)13-7-8-18(10-13)12(2)19/h3-6,13,15,20H,7-10H2,1-2H3,(H,17,21). The number of hydrogen-bond acceptors (Lipinski definition) is 3. The van der Waals surface area contributed by atoms with Crippen molar-refractivity contribution in [3.8, 4) is 0 Å². The van der Waals surface area contributed by atoms with Gasteiger partial charge >= 0.3 is 0 Å². The zero-order valence-electron chi connectivity index (χ0n) is 12.5. The molecule has 1 aliphatic rings. The van der Waals surface area contributed by atoms with Crippen molar-refractivity contribution in [3.63, 3.8) is 0 Å². The summed E-state index contributed by atoms with van der Waals surface area (Å²) < 4.78 is 0. The summed E-state index contributed by atoms with van der Waals surface area (Å²) in [7, 11) is 0. The maximum absolute atomic E-state index is 12.1. The summed E-state index contributed by atoms with van der Waals surface area (Å²) >= 11 is 0. The minimum atomic E-state index is -0.708. The highest BCUT2D eigenvalue weighted by Gasteiger charge is 2.29. The number of nitrogens with zero attached hydrogens (tertiary/aromatic N) is 1. The summed E-state index contributed by atoms with van der Waals surface area (Å²) in [4.78, 5) is 25.0. The van der Waals surface area contributed by atoms with Gasteiger partial charge in [0.15, 0.2) is 0 Å². The molecule has 2 unspecified atom stereocenters. The number of rotatable bonds is 4. The van der Waals surface area contributed by atoms with Gasteiger partial charge in [-0.05, 0) is 24.5 Å². The monoisotopic (exact) mass is 290 g/mol. The Balaban J connectivity index is 1.85. The number of amides is 2. The van der Waals surface area contributed by atoms with E-state index in [0.717, 1.165) is 11.1 Å². The SMILES string of the molecule is CC(=O)N1CCC(C(=O)NCC(O)c2ccccc2C)C1. The highest BCUT2D eigenvalue weighted by atomic mass is 16.3. The Morgan fingerprint density at radius 3 is 2.76 bits per heavy atom. The lowest BCUT2D eigenvalue weighted by Gasteiger charge is -2.17. The first-order valence-corrected chi connectivity index (χ1v) is 7.26. The zero-order chi connectivity index (χ0) is 15.4. The molecule has 2 atom stereocenters. The average molecular weight is 290 g/mol. The first-order chi connectivity index (χ1) is 9.99. The molecular formula is C16H22N2O3. The first kappa shape index (κ1) is 15.5. The van der Waals surface area contributed by atoms with Crippen LogP contribution in [-0.4, -0.2) is 41.5 Å². The molecule has 1 fully saturated rings. The van der Waals surface area contributed by atoms with Crippen LogP contribution in [0.1, 0.15) is 30.6 Å². The van der Waals surface area contributed by atoms with Crippen molar-refractivity contribution < 1.29 is 14.7 Å². The average Bonchev–Trinajstić information content (AvgIpc) is 2.95. The van der Waals surface area contributed by atoms with E-state index in [9.17, 15) is 14.7 Å². The van der Waals surface area contributed by atoms with Crippen molar-refractivity contribution in [2.45, 2.75) is 26.4 Å². The van der Waals surface area contributed by atoms with Crippen molar-refractivity contribution in [2.75, 3.05) is 19.6 Å². The van der Waals surface area contributed by atoms with E-state index in [1.54, 1.807) is 4.90 Å². The van der Waals surface area contributed by atoms with Crippen LogP contribution in [0, 0.1) is 12.8 Å². The van der Waals surface area contributed by atoms with E-state index in [2.05, 4.69) is 5.32 Å². The van der Waals surface area contributed by atoms with Crippen LogP contribution < -0.4 is 5.32 Å². The number of benzene rings is 1. The fourth-order valence-corrected chi connectivity index (χ4v) is 2.67. The smallest absolute Gasteiger partial charge is 0.225 e. The molecule has 0 aliphatic carbocycles. The third-order valence-electron chi connectivity index (χ3n) is 4.02. The van der Waals surface area contributed by atoms with Gasteiger partial charge < -0.3 is 15.3 Å². The van der Waals surface area contributed by atoms with Crippen molar-refractivity contribution in [1.82, 2.24) is 10.2 Å². The molecule has 1 saturated heterocycles. The highest BCUT2D eigenvalue weighted by Crippen LogP contribution is 2.18. The fourth-order valence-electron chi connectivity index (χ4n) is 2.67. The van der Waals surface area contributed by atoms with E-state index in [1.807, 2.05) is 31.2 Å². The normalized spacial score (nSPS) is 19.4. The summed E-state index contributed by atoms with van der Waals surface area (Å²) in [5.41, 5.74) is 1.83. The summed E-state index contributed by atoms with van der Waals surface area (Å²) in [6.07, 6.45) is -0.0215. The highest BCUT2D eigenvalue weighted by molar-refractivity contribution is 5.81. The third-order valence-corrected chi connectivity index (χ3v) is 4.02. The van der Waals surface area contributed by atoms with E-state index in [1.165, 1.54) is 6.92 Å². The van der Waals surface area contributed by atoms with Gasteiger partial charge in [-0.1, -0.05) is 24.3 Å². The van der Waals surface area contributed by atoms with Gasteiger partial charge in [-0.15, -0.1) is 0 Å². The van der Waals surface area contributed by atoms with E-state index >= 15 is 0 Å². The van der Waals surface area contributed by atoms with E-state index in [4.69, 9.17) is 0 Å². The molecule has 1 aromatic carbocycles. The van der Waals surface area contributed by atoms with Crippen molar-refractivity contribution in [2.24, 2.45) is 5.92 Å². The van der Waals surface area contributed by atoms with Crippen molar-refractivity contribution in [3.05, 3.63) is 35.4 Å². The maximum Gasteiger partial charge on any atom is 0.225 e. The number of aliphatic hydroxyl groups excluding tert-OH is 1. The van der Waals surface area contributed by atoms with Gasteiger partial charge in [0.2, 0.25) is 11.8 Å². The second-order valence-corrected chi connectivity index (χ2v) is 5.57. The lowest BCUT2D eigenvalue weighted by Crippen LogP contribution is -2.36. The molecule has 2 rings (SSSR count). The molecule has 1 heterocycles. The van der Waals surface area contributed by atoms with Gasteiger partial charge in [-0.3, -0.25) is 9.59 Å². The largest absolute Gasteiger partial charge is 0.387 e. The summed E-state index contributed by atoms with van der Waals surface area (Å²) in [6.45, 7) is 4.75. The number of hydrogen-bond donors (Lipinski definition) is 2. The van der Waals surface area contributed by atoms with Crippen LogP contribution in [0.5, 0.6) is 0 Å². The molecule has 5 nitrogen and oxygen atoms in total. The molecule has 2 N–H and O–H groups in total. The summed E-state index contributed by atoms with van der Waals surface area (Å²) in [5.74, 6) is -0.255. The lowest BCUT2D eigenvalue weighted by atomic mass is 10.0. The van der Waals surface area contributed by atoms with Crippen LogP contribution in [-0.2, 0) is 9.59 Å². The molecule has 1 aromatic rings. The van der Waals surface area contributed by atoms with Gasteiger partial charge in [-0.2, -0.15) is 0 Å². The van der Waals surface area contributed by atoms with Crippen molar-refractivity contribution >= 4 is 11.8 Å². The molecular weight excluding hydrogens is 268 g/mol. The molecule has 0 aromatic heterocycles. The second kappa shape index (κ2) is 6.72. The van der Waals surface area contributed by atoms with Gasteiger partial charge in [0.25, 0.3) is 0 Å². The van der Waals surface area contributed by atoms with Crippen LogP contribution in [0.2, 0.25) is 0 Å². The molecule has 21 heavy (non-hydrogen) atoms. The topological polar surface area (TPSA) is 69.6 Å². The van der Waals surface area contributed by atoms with Gasteiger partial charge in [-0.25, -0.2) is 0 Å². The van der Waals surface area contributed by atoms with E-state index in [-0.39, 0.29) is 24.3 Å². The first-order valence-electron chi connectivity index (χ1n) is 7.26. The van der Waals surface area contributed by atoms with E-state index < -0.39 is 6.10 Å². The Labute approximate surface area is 125 Å². The number of aliphatic hydroxyl groups is 1. The quantitative estimate of drug-likeness (QED) is 0.869. The van der Waals surface area contributed by atoms with Crippen LogP contribution >= 0.6 is 0 Å². The number of likely N-dealkylation sites (tertiary alicyclic amines) is 1. The molecule has 2 amide bonds. The molecule has 5 heteroatoms. The fraction of sp³-hybridized carbons (Fsp3) is 0.500. The Hall–Kier alpha value is -1.88. The summed E-state index contributed by atoms with van der Waals surface area (Å²) in [6, 6.07) is 7.58. The van der Waals surface area contributed by atoms with Crippen LogP contribution in [0.15, 0.2) is 24.3 Å². The lowest BCUT2D eigenvalue weighted by molar-refractivity contribution is -0.128. The Bertz CT molecular complexity index is 530. The van der Waals surface area contributed by atoms with Crippen LogP contribution in [0.25, 0.3) is 0 Å².